The second-order valence-electron chi connectivity index (χ2n) is 7.20. The molecule has 7 nitrogen and oxygen atoms in total. The Morgan fingerprint density at radius 1 is 1.15 bits per heavy atom. The van der Waals surface area contributed by atoms with Crippen molar-refractivity contribution < 1.29 is 4.79 Å². The molecule has 0 unspecified atom stereocenters. The molecule has 5 rings (SSSR count). The maximum atomic E-state index is 12.4. The van der Waals surface area contributed by atoms with Gasteiger partial charge < -0.3 is 9.88 Å². The van der Waals surface area contributed by atoms with Crippen LogP contribution in [0.1, 0.15) is 10.4 Å². The number of fused-ring (bicyclic) bond motifs is 3. The van der Waals surface area contributed by atoms with Crippen LogP contribution in [0.15, 0.2) is 53.8 Å². The zero-order chi connectivity index (χ0) is 22.9. The average molecular weight is 515 g/mol. The molecule has 0 aliphatic carbocycles. The van der Waals surface area contributed by atoms with E-state index in [0.717, 1.165) is 32.5 Å². The summed E-state index contributed by atoms with van der Waals surface area (Å²) in [5.74, 6) is -0.0472. The number of aromatic nitrogens is 5. The summed E-state index contributed by atoms with van der Waals surface area (Å²) in [6, 6.07) is 13.5. The first-order chi connectivity index (χ1) is 16.0. The molecule has 3 aromatic heterocycles. The third kappa shape index (κ3) is 4.54. The van der Waals surface area contributed by atoms with Crippen molar-refractivity contribution >= 4 is 79.4 Å². The smallest absolute Gasteiger partial charge is 0.236 e. The van der Waals surface area contributed by atoms with Gasteiger partial charge in [0.05, 0.1) is 21.3 Å². The molecule has 0 saturated carbocycles. The second kappa shape index (κ2) is 9.26. The van der Waals surface area contributed by atoms with Crippen molar-refractivity contribution in [2.24, 2.45) is 7.05 Å². The quantitative estimate of drug-likeness (QED) is 0.296. The highest BCUT2D eigenvalue weighted by Gasteiger charge is 2.14. The van der Waals surface area contributed by atoms with Crippen LogP contribution in [0.25, 0.3) is 22.1 Å². The van der Waals surface area contributed by atoms with E-state index in [9.17, 15) is 4.79 Å². The fourth-order valence-electron chi connectivity index (χ4n) is 3.46. The number of hydrogen-bond donors (Lipinski definition) is 1. The largest absolute Gasteiger partial charge is 0.327 e. The first-order valence-electron chi connectivity index (χ1n) is 9.87. The minimum absolute atomic E-state index is 0.145. The molecule has 5 aromatic rings. The van der Waals surface area contributed by atoms with Crippen molar-refractivity contribution in [2.75, 3.05) is 11.1 Å². The number of aryl methyl sites for hydroxylation is 1. The summed E-state index contributed by atoms with van der Waals surface area (Å²) in [5.41, 5.74) is 3.43. The van der Waals surface area contributed by atoms with E-state index in [1.807, 2.05) is 48.0 Å². The highest BCUT2D eigenvalue weighted by molar-refractivity contribution is 7.99. The van der Waals surface area contributed by atoms with Gasteiger partial charge in [-0.1, -0.05) is 65.3 Å². The van der Waals surface area contributed by atoms with E-state index in [-0.39, 0.29) is 11.7 Å². The van der Waals surface area contributed by atoms with Crippen molar-refractivity contribution in [1.29, 1.82) is 0 Å². The van der Waals surface area contributed by atoms with E-state index < -0.39 is 0 Å². The van der Waals surface area contributed by atoms with Gasteiger partial charge in [0.15, 0.2) is 10.8 Å². The summed E-state index contributed by atoms with van der Waals surface area (Å²) in [6.07, 6.45) is 2.32. The van der Waals surface area contributed by atoms with E-state index in [1.54, 1.807) is 12.3 Å². The Morgan fingerprint density at radius 3 is 2.88 bits per heavy atom. The third-order valence-corrected chi connectivity index (χ3v) is 7.62. The number of amides is 1. The highest BCUT2D eigenvalue weighted by Crippen LogP contribution is 2.30. The summed E-state index contributed by atoms with van der Waals surface area (Å²) in [6.45, 7) is 0. The number of benzene rings is 2. The molecular weight excluding hydrogens is 499 g/mol. The number of thioether (sulfide) groups is 1. The molecule has 0 radical (unpaired) electrons. The predicted octanol–water partition coefficient (Wildman–Crippen LogP) is 5.60. The molecular formula is C22H16Cl2N6OS2. The van der Waals surface area contributed by atoms with Gasteiger partial charge in [0.1, 0.15) is 5.52 Å². The van der Waals surface area contributed by atoms with E-state index >= 15 is 0 Å². The van der Waals surface area contributed by atoms with Gasteiger partial charge in [-0.15, -0.1) is 21.5 Å². The number of hydrogen-bond acceptors (Lipinski definition) is 7. The molecule has 2 aromatic carbocycles. The van der Waals surface area contributed by atoms with Gasteiger partial charge in [0, 0.05) is 29.9 Å². The van der Waals surface area contributed by atoms with Gasteiger partial charge in [-0.05, 0) is 17.7 Å². The maximum absolute atomic E-state index is 12.4. The second-order valence-corrected chi connectivity index (χ2v) is 10.0. The SMILES string of the molecule is Cn1c2ccccc2c2nnc(SCC(=O)Nc3ncc(Cc4cccc(Cl)c4Cl)s3)nc21. The number of nitrogens with one attached hydrogen (secondary N) is 1. The lowest BCUT2D eigenvalue weighted by molar-refractivity contribution is -0.113. The van der Waals surface area contributed by atoms with E-state index in [4.69, 9.17) is 23.2 Å². The predicted molar refractivity (Wildman–Crippen MR) is 135 cm³/mol. The fourth-order valence-corrected chi connectivity index (χ4v) is 5.28. The molecule has 11 heteroatoms. The van der Waals surface area contributed by atoms with Gasteiger partial charge in [-0.25, -0.2) is 9.97 Å². The summed E-state index contributed by atoms with van der Waals surface area (Å²) in [5, 5.41) is 14.4. The molecule has 0 bridgehead atoms. The molecule has 1 N–H and O–H groups in total. The molecule has 3 heterocycles. The standard InChI is InChI=1S/C22H16Cl2N6OS2/c1-30-16-8-3-2-6-14(16)19-20(30)27-22(29-28-19)32-11-17(31)26-21-25-10-13(33-21)9-12-5-4-7-15(23)18(12)24/h2-8,10H,9,11H2,1H3,(H,25,26,31). The van der Waals surface area contributed by atoms with Gasteiger partial charge in [0.2, 0.25) is 11.1 Å². The lowest BCUT2D eigenvalue weighted by Crippen LogP contribution is -2.14. The number of halogens is 2. The van der Waals surface area contributed by atoms with Crippen molar-refractivity contribution in [3.8, 4) is 0 Å². The van der Waals surface area contributed by atoms with Crippen LogP contribution in [-0.4, -0.2) is 36.4 Å². The summed E-state index contributed by atoms with van der Waals surface area (Å²) in [7, 11) is 1.94. The molecule has 0 saturated heterocycles. The Labute approximate surface area is 207 Å². The normalized spacial score (nSPS) is 11.4. The molecule has 0 spiro atoms. The lowest BCUT2D eigenvalue weighted by atomic mass is 10.1. The number of nitrogens with zero attached hydrogens (tertiary/aromatic N) is 5. The number of anilines is 1. The van der Waals surface area contributed by atoms with Crippen LogP contribution in [0.2, 0.25) is 10.0 Å². The van der Waals surface area contributed by atoms with Crippen molar-refractivity contribution in [2.45, 2.75) is 11.6 Å². The van der Waals surface area contributed by atoms with Gasteiger partial charge >= 0.3 is 0 Å². The maximum Gasteiger partial charge on any atom is 0.236 e. The molecule has 0 fully saturated rings. The molecule has 0 aliphatic rings. The summed E-state index contributed by atoms with van der Waals surface area (Å²) in [4.78, 5) is 22.3. The van der Waals surface area contributed by atoms with E-state index in [1.165, 1.54) is 23.1 Å². The molecule has 33 heavy (non-hydrogen) atoms. The fraction of sp³-hybridized carbons (Fsp3) is 0.136. The highest BCUT2D eigenvalue weighted by atomic mass is 35.5. The minimum atomic E-state index is -0.192. The first kappa shape index (κ1) is 22.1. The third-order valence-electron chi connectivity index (χ3n) is 5.02. The molecule has 0 aliphatic heterocycles. The van der Waals surface area contributed by atoms with E-state index in [0.29, 0.717) is 26.8 Å². The van der Waals surface area contributed by atoms with Crippen LogP contribution in [0.4, 0.5) is 5.13 Å². The van der Waals surface area contributed by atoms with Gasteiger partial charge in [-0.3, -0.25) is 4.79 Å². The topological polar surface area (TPSA) is 85.6 Å². The van der Waals surface area contributed by atoms with Crippen LogP contribution in [0.3, 0.4) is 0 Å². The molecule has 166 valence electrons. The van der Waals surface area contributed by atoms with Gasteiger partial charge in [-0.2, -0.15) is 0 Å². The van der Waals surface area contributed by atoms with E-state index in [2.05, 4.69) is 25.5 Å². The Kier molecular flexibility index (Phi) is 6.20. The minimum Gasteiger partial charge on any atom is -0.327 e. The van der Waals surface area contributed by atoms with Crippen LogP contribution >= 0.6 is 46.3 Å². The number of rotatable bonds is 6. The molecule has 0 atom stereocenters. The van der Waals surface area contributed by atoms with Crippen LogP contribution in [-0.2, 0) is 18.3 Å². The summed E-state index contributed by atoms with van der Waals surface area (Å²) < 4.78 is 1.98. The Morgan fingerprint density at radius 2 is 2.00 bits per heavy atom. The zero-order valence-corrected chi connectivity index (χ0v) is 20.4. The number of carbonyl (C=O) groups is 1. The van der Waals surface area contributed by atoms with Gasteiger partial charge in [0.25, 0.3) is 0 Å². The Balaban J connectivity index is 1.23. The van der Waals surface area contributed by atoms with Crippen LogP contribution in [0.5, 0.6) is 0 Å². The summed E-state index contributed by atoms with van der Waals surface area (Å²) >= 11 is 15.0. The van der Waals surface area contributed by atoms with Crippen molar-refractivity contribution in [3.05, 3.63) is 69.1 Å². The number of para-hydroxylation sites is 1. The van der Waals surface area contributed by atoms with Crippen LogP contribution < -0.4 is 5.32 Å². The Bertz CT molecular complexity index is 1500. The lowest BCUT2D eigenvalue weighted by Gasteiger charge is -2.03. The number of carbonyl (C=O) groups excluding carboxylic acids is 1. The van der Waals surface area contributed by atoms with Crippen molar-refractivity contribution in [1.82, 2.24) is 24.7 Å². The van der Waals surface area contributed by atoms with Crippen LogP contribution in [0, 0.1) is 0 Å². The monoisotopic (exact) mass is 514 g/mol. The Hall–Kier alpha value is -2.72. The van der Waals surface area contributed by atoms with Crippen molar-refractivity contribution in [3.63, 3.8) is 0 Å². The first-order valence-corrected chi connectivity index (χ1v) is 12.4. The average Bonchev–Trinajstić information content (AvgIpc) is 3.37. The number of thiazole rings is 1. The zero-order valence-electron chi connectivity index (χ0n) is 17.2. The molecule has 1 amide bonds.